The van der Waals surface area contributed by atoms with Crippen LogP contribution in [0.15, 0.2) is 77.7 Å². The van der Waals surface area contributed by atoms with Crippen molar-refractivity contribution in [2.75, 3.05) is 16.2 Å². The third-order valence-electron chi connectivity index (χ3n) is 5.35. The van der Waals surface area contributed by atoms with Crippen LogP contribution in [-0.4, -0.2) is 27.0 Å². The summed E-state index contributed by atoms with van der Waals surface area (Å²) in [5.74, 6) is -0.0272. The fourth-order valence-corrected chi connectivity index (χ4v) is 5.19. The first kappa shape index (κ1) is 20.9. The van der Waals surface area contributed by atoms with Crippen molar-refractivity contribution in [1.82, 2.24) is 0 Å². The monoisotopic (exact) mass is 436 g/mol. The molecule has 31 heavy (non-hydrogen) atoms. The Kier molecular flexibility index (Phi) is 5.69. The van der Waals surface area contributed by atoms with Gasteiger partial charge in [-0.15, -0.1) is 0 Å². The zero-order chi connectivity index (χ0) is 22.0. The van der Waals surface area contributed by atoms with E-state index in [4.69, 9.17) is 4.74 Å². The van der Waals surface area contributed by atoms with E-state index >= 15 is 0 Å². The minimum absolute atomic E-state index is 0.118. The van der Waals surface area contributed by atoms with Crippen molar-refractivity contribution in [2.24, 2.45) is 0 Å². The van der Waals surface area contributed by atoms with Crippen molar-refractivity contribution in [3.63, 3.8) is 0 Å². The Bertz CT molecular complexity index is 1210. The Morgan fingerprint density at radius 3 is 2.48 bits per heavy atom. The number of carbonyl (C=O) groups is 1. The van der Waals surface area contributed by atoms with Crippen LogP contribution < -0.4 is 14.4 Å². The molecule has 1 amide bonds. The van der Waals surface area contributed by atoms with Gasteiger partial charge in [0.1, 0.15) is 5.75 Å². The molecular weight excluding hydrogens is 412 g/mol. The van der Waals surface area contributed by atoms with E-state index in [1.54, 1.807) is 54.6 Å². The van der Waals surface area contributed by atoms with Gasteiger partial charge in [-0.05, 0) is 48.7 Å². The normalized spacial score (nSPS) is 15.7. The lowest BCUT2D eigenvalue weighted by atomic mass is 10.1. The van der Waals surface area contributed by atoms with Crippen molar-refractivity contribution in [1.29, 1.82) is 0 Å². The second-order valence-electron chi connectivity index (χ2n) is 7.38. The molecule has 1 heterocycles. The smallest absolute Gasteiger partial charge is 0.267 e. The van der Waals surface area contributed by atoms with Gasteiger partial charge in [0.25, 0.3) is 15.9 Å². The topological polar surface area (TPSA) is 75.7 Å². The number of rotatable bonds is 5. The van der Waals surface area contributed by atoms with Gasteiger partial charge in [-0.3, -0.25) is 9.10 Å². The SMILES string of the molecule is CCc1cccc(C)c1NC(=O)[C@H]1CN(S(=O)(=O)c2ccccc2)c2ccccc2O1. The summed E-state index contributed by atoms with van der Waals surface area (Å²) in [6, 6.07) is 20.9. The van der Waals surface area contributed by atoms with Crippen LogP contribution in [0.5, 0.6) is 5.75 Å². The van der Waals surface area contributed by atoms with E-state index in [-0.39, 0.29) is 17.3 Å². The highest BCUT2D eigenvalue weighted by Crippen LogP contribution is 2.37. The van der Waals surface area contributed by atoms with Gasteiger partial charge in [0.05, 0.1) is 17.1 Å². The highest BCUT2D eigenvalue weighted by Gasteiger charge is 2.37. The minimum Gasteiger partial charge on any atom is -0.476 e. The average Bonchev–Trinajstić information content (AvgIpc) is 2.80. The Hall–Kier alpha value is -3.32. The zero-order valence-electron chi connectivity index (χ0n) is 17.4. The number of fused-ring (bicyclic) bond motifs is 1. The van der Waals surface area contributed by atoms with Crippen LogP contribution in [0.3, 0.4) is 0 Å². The molecule has 0 aliphatic carbocycles. The van der Waals surface area contributed by atoms with Crippen LogP contribution in [0.25, 0.3) is 0 Å². The Morgan fingerprint density at radius 1 is 1.03 bits per heavy atom. The van der Waals surface area contributed by atoms with Gasteiger partial charge < -0.3 is 10.1 Å². The number of carbonyl (C=O) groups excluding carboxylic acids is 1. The first-order chi connectivity index (χ1) is 14.9. The zero-order valence-corrected chi connectivity index (χ0v) is 18.2. The summed E-state index contributed by atoms with van der Waals surface area (Å²) < 4.78 is 33.9. The molecule has 0 saturated carbocycles. The van der Waals surface area contributed by atoms with Crippen molar-refractivity contribution < 1.29 is 17.9 Å². The standard InChI is InChI=1S/C24H24N2O4S/c1-3-18-11-9-10-17(2)23(18)25-24(27)22-16-26(20-14-7-8-15-21(20)30-22)31(28,29)19-12-5-4-6-13-19/h4-15,22H,3,16H2,1-2H3,(H,25,27)/t22-/m1/s1. The summed E-state index contributed by atoms with van der Waals surface area (Å²) in [5, 5.41) is 2.96. The molecule has 0 spiro atoms. The lowest BCUT2D eigenvalue weighted by molar-refractivity contribution is -0.122. The number of aryl methyl sites for hydroxylation is 2. The number of benzene rings is 3. The molecule has 0 radical (unpaired) electrons. The van der Waals surface area contributed by atoms with E-state index in [0.29, 0.717) is 11.4 Å². The molecular formula is C24H24N2O4S. The van der Waals surface area contributed by atoms with Gasteiger partial charge in [0, 0.05) is 5.69 Å². The van der Waals surface area contributed by atoms with E-state index in [0.717, 1.165) is 23.2 Å². The molecule has 160 valence electrons. The highest BCUT2D eigenvalue weighted by molar-refractivity contribution is 7.92. The Morgan fingerprint density at radius 2 is 1.74 bits per heavy atom. The summed E-state index contributed by atoms with van der Waals surface area (Å²) >= 11 is 0. The molecule has 0 unspecified atom stereocenters. The number of nitrogens with one attached hydrogen (secondary N) is 1. The third-order valence-corrected chi connectivity index (χ3v) is 7.14. The van der Waals surface area contributed by atoms with Gasteiger partial charge in [0.15, 0.2) is 6.10 Å². The summed E-state index contributed by atoms with van der Waals surface area (Å²) in [4.78, 5) is 13.3. The number of hydrogen-bond donors (Lipinski definition) is 1. The van der Waals surface area contributed by atoms with Gasteiger partial charge in [-0.2, -0.15) is 0 Å². The van der Waals surface area contributed by atoms with Crippen LogP contribution in [0.4, 0.5) is 11.4 Å². The molecule has 3 aromatic rings. The molecule has 0 fully saturated rings. The van der Waals surface area contributed by atoms with Crippen molar-refractivity contribution in [3.8, 4) is 5.75 Å². The van der Waals surface area contributed by atoms with Crippen LogP contribution in [0, 0.1) is 6.92 Å². The summed E-state index contributed by atoms with van der Waals surface area (Å²) in [5.41, 5.74) is 3.12. The van der Waals surface area contributed by atoms with E-state index < -0.39 is 16.1 Å². The number of sulfonamides is 1. The molecule has 3 aromatic carbocycles. The predicted octanol–water partition coefficient (Wildman–Crippen LogP) is 4.15. The van der Waals surface area contributed by atoms with Crippen LogP contribution in [0.1, 0.15) is 18.1 Å². The molecule has 1 aliphatic rings. The second kappa shape index (κ2) is 8.43. The molecule has 1 atom stereocenters. The maximum Gasteiger partial charge on any atom is 0.267 e. The molecule has 6 nitrogen and oxygen atoms in total. The molecule has 0 saturated heterocycles. The van der Waals surface area contributed by atoms with Crippen molar-refractivity contribution >= 4 is 27.3 Å². The lowest BCUT2D eigenvalue weighted by Crippen LogP contribution is -2.48. The van der Waals surface area contributed by atoms with Gasteiger partial charge in [-0.25, -0.2) is 8.42 Å². The fourth-order valence-electron chi connectivity index (χ4n) is 3.69. The van der Waals surface area contributed by atoms with Gasteiger partial charge in [-0.1, -0.05) is 55.5 Å². The third kappa shape index (κ3) is 4.01. The van der Waals surface area contributed by atoms with Crippen molar-refractivity contribution in [3.05, 3.63) is 83.9 Å². The summed E-state index contributed by atoms with van der Waals surface area (Å²) in [7, 11) is -3.86. The molecule has 0 aromatic heterocycles. The number of hydrogen-bond acceptors (Lipinski definition) is 4. The van der Waals surface area contributed by atoms with Crippen LogP contribution in [-0.2, 0) is 21.2 Å². The summed E-state index contributed by atoms with van der Waals surface area (Å²) in [6.07, 6.45) is -0.224. The fraction of sp³-hybridized carbons (Fsp3) is 0.208. The molecule has 1 aliphatic heterocycles. The Labute approximate surface area is 182 Å². The van der Waals surface area contributed by atoms with Gasteiger partial charge >= 0.3 is 0 Å². The van der Waals surface area contributed by atoms with E-state index in [2.05, 4.69) is 5.32 Å². The number of ether oxygens (including phenoxy) is 1. The maximum atomic E-state index is 13.4. The van der Waals surface area contributed by atoms with E-state index in [9.17, 15) is 13.2 Å². The lowest BCUT2D eigenvalue weighted by Gasteiger charge is -2.34. The quantitative estimate of drug-likeness (QED) is 0.652. The van der Waals surface area contributed by atoms with Crippen LogP contribution >= 0.6 is 0 Å². The number of nitrogens with zero attached hydrogens (tertiary/aromatic N) is 1. The largest absolute Gasteiger partial charge is 0.476 e. The molecule has 1 N–H and O–H groups in total. The Balaban J connectivity index is 1.68. The first-order valence-electron chi connectivity index (χ1n) is 10.1. The number of amides is 1. The predicted molar refractivity (Wildman–Crippen MR) is 121 cm³/mol. The second-order valence-corrected chi connectivity index (χ2v) is 9.24. The highest BCUT2D eigenvalue weighted by atomic mass is 32.2. The summed E-state index contributed by atoms with van der Waals surface area (Å²) in [6.45, 7) is 3.83. The van der Waals surface area contributed by atoms with Crippen molar-refractivity contribution in [2.45, 2.75) is 31.3 Å². The average molecular weight is 437 g/mol. The number of para-hydroxylation sites is 3. The first-order valence-corrected chi connectivity index (χ1v) is 11.6. The molecule has 7 heteroatoms. The van der Waals surface area contributed by atoms with E-state index in [1.807, 2.05) is 32.0 Å². The van der Waals surface area contributed by atoms with E-state index in [1.165, 1.54) is 4.31 Å². The number of anilines is 2. The maximum absolute atomic E-state index is 13.4. The van der Waals surface area contributed by atoms with Gasteiger partial charge in [0.2, 0.25) is 0 Å². The molecule has 4 rings (SSSR count). The minimum atomic E-state index is -3.86. The van der Waals surface area contributed by atoms with Crippen LogP contribution in [0.2, 0.25) is 0 Å². The molecule has 0 bridgehead atoms.